The van der Waals surface area contributed by atoms with Crippen LogP contribution in [0.3, 0.4) is 0 Å². The van der Waals surface area contributed by atoms with Crippen molar-refractivity contribution in [3.63, 3.8) is 0 Å². The monoisotopic (exact) mass is 286 g/mol. The summed E-state index contributed by atoms with van der Waals surface area (Å²) in [5, 5.41) is 0. The van der Waals surface area contributed by atoms with E-state index in [1.165, 1.54) is 0 Å². The van der Waals surface area contributed by atoms with Crippen LogP contribution in [0.4, 0.5) is 13.2 Å². The molecule has 0 atom stereocenters. The molecule has 1 fully saturated rings. The first-order valence-electron chi connectivity index (χ1n) is 6.52. The minimum absolute atomic E-state index is 0.324. The smallest absolute Gasteiger partial charge is 0.297 e. The Balaban J connectivity index is 2.49. The molecular formula is C14H17F3N2O. The molecule has 0 bridgehead atoms. The number of carbonyl (C=O) groups excluding carboxylic acids is 1. The summed E-state index contributed by atoms with van der Waals surface area (Å²) in [5.41, 5.74) is -2.05. The number of hydrogen-bond acceptors (Lipinski definition) is 3. The van der Waals surface area contributed by atoms with Gasteiger partial charge in [-0.2, -0.15) is 13.2 Å². The van der Waals surface area contributed by atoms with E-state index in [9.17, 15) is 18.0 Å². The Bertz CT molecular complexity index is 505. The van der Waals surface area contributed by atoms with Crippen LogP contribution in [0, 0.1) is 0 Å². The number of nitrogens with zero attached hydrogens (tertiary/aromatic N) is 2. The van der Waals surface area contributed by atoms with E-state index >= 15 is 0 Å². The Morgan fingerprint density at radius 3 is 2.40 bits per heavy atom. The number of Topliss-reactive ketones (excluding diaryl/α,β-unsaturated/α-hetero) is 1. The van der Waals surface area contributed by atoms with Gasteiger partial charge in [-0.05, 0) is 33.0 Å². The van der Waals surface area contributed by atoms with Crippen LogP contribution < -0.4 is 0 Å². The third-order valence-electron chi connectivity index (χ3n) is 4.08. The Morgan fingerprint density at radius 1 is 1.30 bits per heavy atom. The van der Waals surface area contributed by atoms with Gasteiger partial charge in [0.05, 0.1) is 16.7 Å². The van der Waals surface area contributed by atoms with Gasteiger partial charge in [-0.25, -0.2) is 0 Å². The van der Waals surface area contributed by atoms with E-state index in [1.54, 1.807) is 19.0 Å². The van der Waals surface area contributed by atoms with Gasteiger partial charge in [-0.15, -0.1) is 0 Å². The van der Waals surface area contributed by atoms with Crippen molar-refractivity contribution >= 4 is 5.78 Å². The predicted molar refractivity (Wildman–Crippen MR) is 68.5 cm³/mol. The fourth-order valence-corrected chi connectivity index (χ4v) is 2.91. The van der Waals surface area contributed by atoms with E-state index in [1.807, 2.05) is 0 Å². The lowest BCUT2D eigenvalue weighted by molar-refractivity contribution is -0.138. The Morgan fingerprint density at radius 2 is 1.90 bits per heavy atom. The molecular weight excluding hydrogens is 269 g/mol. The summed E-state index contributed by atoms with van der Waals surface area (Å²) in [7, 11) is 3.49. The highest BCUT2D eigenvalue weighted by Crippen LogP contribution is 2.39. The summed E-state index contributed by atoms with van der Waals surface area (Å²) in [5.74, 6) is -0.472. The third kappa shape index (κ3) is 2.44. The SMILES string of the molecule is CN(C)C1(C(=O)c2cnccc2C(F)(F)F)CCCC1. The zero-order chi connectivity index (χ0) is 15.0. The number of aromatic nitrogens is 1. The van der Waals surface area contributed by atoms with Crippen LogP contribution >= 0.6 is 0 Å². The van der Waals surface area contributed by atoms with E-state index in [2.05, 4.69) is 4.98 Å². The van der Waals surface area contributed by atoms with E-state index in [0.29, 0.717) is 12.8 Å². The fourth-order valence-electron chi connectivity index (χ4n) is 2.91. The van der Waals surface area contributed by atoms with Gasteiger partial charge in [0.2, 0.25) is 0 Å². The van der Waals surface area contributed by atoms with E-state index in [4.69, 9.17) is 0 Å². The molecule has 1 heterocycles. The average molecular weight is 286 g/mol. The van der Waals surface area contributed by atoms with Crippen LogP contribution in [-0.2, 0) is 6.18 Å². The molecule has 1 saturated carbocycles. The van der Waals surface area contributed by atoms with E-state index < -0.39 is 23.1 Å². The van der Waals surface area contributed by atoms with Gasteiger partial charge in [0.15, 0.2) is 5.78 Å². The summed E-state index contributed by atoms with van der Waals surface area (Å²) in [6, 6.07) is 0.867. The van der Waals surface area contributed by atoms with Gasteiger partial charge in [-0.1, -0.05) is 12.8 Å². The van der Waals surface area contributed by atoms with Crippen molar-refractivity contribution in [2.24, 2.45) is 0 Å². The molecule has 2 rings (SSSR count). The number of halogens is 3. The van der Waals surface area contributed by atoms with Crippen LogP contribution in [0.5, 0.6) is 0 Å². The van der Waals surface area contributed by atoms with Crippen LogP contribution in [0.1, 0.15) is 41.6 Å². The maximum atomic E-state index is 13.0. The van der Waals surface area contributed by atoms with Crippen molar-refractivity contribution in [2.75, 3.05) is 14.1 Å². The highest BCUT2D eigenvalue weighted by molar-refractivity contribution is 6.04. The largest absolute Gasteiger partial charge is 0.417 e. The minimum Gasteiger partial charge on any atom is -0.297 e. The van der Waals surface area contributed by atoms with Crippen LogP contribution in [0.25, 0.3) is 0 Å². The number of ketones is 1. The van der Waals surface area contributed by atoms with Crippen molar-refractivity contribution < 1.29 is 18.0 Å². The number of pyridine rings is 1. The van der Waals surface area contributed by atoms with Gasteiger partial charge in [0.1, 0.15) is 0 Å². The zero-order valence-corrected chi connectivity index (χ0v) is 11.5. The molecule has 1 aromatic rings. The molecule has 0 amide bonds. The first-order chi connectivity index (χ1) is 9.29. The second-order valence-electron chi connectivity index (χ2n) is 5.38. The topological polar surface area (TPSA) is 33.2 Å². The quantitative estimate of drug-likeness (QED) is 0.800. The number of likely N-dealkylation sites (N-methyl/N-ethyl adjacent to an activating group) is 1. The molecule has 110 valence electrons. The van der Waals surface area contributed by atoms with E-state index in [0.717, 1.165) is 31.3 Å². The maximum absolute atomic E-state index is 13.0. The third-order valence-corrected chi connectivity index (χ3v) is 4.08. The molecule has 3 nitrogen and oxygen atoms in total. The van der Waals surface area contributed by atoms with Crippen molar-refractivity contribution in [3.8, 4) is 0 Å². The molecule has 0 saturated heterocycles. The van der Waals surface area contributed by atoms with Crippen molar-refractivity contribution in [1.29, 1.82) is 0 Å². The van der Waals surface area contributed by atoms with Gasteiger partial charge in [-0.3, -0.25) is 14.7 Å². The van der Waals surface area contributed by atoms with Gasteiger partial charge in [0.25, 0.3) is 0 Å². The average Bonchev–Trinajstić information content (AvgIpc) is 2.87. The number of alkyl halides is 3. The summed E-state index contributed by atoms with van der Waals surface area (Å²) >= 11 is 0. The highest BCUT2D eigenvalue weighted by Gasteiger charge is 2.46. The van der Waals surface area contributed by atoms with Crippen molar-refractivity contribution in [2.45, 2.75) is 37.4 Å². The van der Waals surface area contributed by atoms with Gasteiger partial charge >= 0.3 is 6.18 Å². The second kappa shape index (κ2) is 5.16. The Hall–Kier alpha value is -1.43. The molecule has 0 N–H and O–H groups in total. The second-order valence-corrected chi connectivity index (χ2v) is 5.38. The van der Waals surface area contributed by atoms with Gasteiger partial charge < -0.3 is 0 Å². The summed E-state index contributed by atoms with van der Waals surface area (Å²) in [4.78, 5) is 18.1. The lowest BCUT2D eigenvalue weighted by Crippen LogP contribution is -2.49. The predicted octanol–water partition coefficient (Wildman–Crippen LogP) is 3.16. The lowest BCUT2D eigenvalue weighted by atomic mass is 9.85. The molecule has 0 radical (unpaired) electrons. The molecule has 0 aromatic carbocycles. The maximum Gasteiger partial charge on any atom is 0.417 e. The van der Waals surface area contributed by atoms with Crippen LogP contribution in [-0.4, -0.2) is 35.3 Å². The Kier molecular flexibility index (Phi) is 3.86. The molecule has 20 heavy (non-hydrogen) atoms. The molecule has 0 unspecified atom stereocenters. The first-order valence-corrected chi connectivity index (χ1v) is 6.52. The minimum atomic E-state index is -4.54. The van der Waals surface area contributed by atoms with Crippen LogP contribution in [0.15, 0.2) is 18.5 Å². The standard InChI is InChI=1S/C14H17F3N2O/c1-19(2)13(6-3-4-7-13)12(20)10-9-18-8-5-11(10)14(15,16)17/h5,8-9H,3-4,6-7H2,1-2H3. The zero-order valence-electron chi connectivity index (χ0n) is 11.5. The lowest BCUT2D eigenvalue weighted by Gasteiger charge is -2.35. The molecule has 1 aliphatic rings. The highest BCUT2D eigenvalue weighted by atomic mass is 19.4. The summed E-state index contributed by atoms with van der Waals surface area (Å²) in [6.07, 6.45) is 0.443. The molecule has 1 aliphatic carbocycles. The van der Waals surface area contributed by atoms with E-state index in [-0.39, 0.29) is 5.56 Å². The molecule has 6 heteroatoms. The van der Waals surface area contributed by atoms with Crippen LogP contribution in [0.2, 0.25) is 0 Å². The molecule has 0 spiro atoms. The molecule has 1 aromatic heterocycles. The number of hydrogen-bond donors (Lipinski definition) is 0. The normalized spacial score (nSPS) is 18.5. The Labute approximate surface area is 115 Å². The number of carbonyl (C=O) groups is 1. The van der Waals surface area contributed by atoms with Crippen molar-refractivity contribution in [1.82, 2.24) is 9.88 Å². The van der Waals surface area contributed by atoms with Crippen molar-refractivity contribution in [3.05, 3.63) is 29.6 Å². The van der Waals surface area contributed by atoms with Gasteiger partial charge in [0, 0.05) is 12.4 Å². The first kappa shape index (κ1) is 15.0. The summed E-state index contributed by atoms with van der Waals surface area (Å²) in [6.45, 7) is 0. The summed E-state index contributed by atoms with van der Waals surface area (Å²) < 4.78 is 39.1. The fraction of sp³-hybridized carbons (Fsp3) is 0.571. The number of rotatable bonds is 3. The molecule has 0 aliphatic heterocycles.